The number of carbonyl (C=O) groups is 2. The van der Waals surface area contributed by atoms with E-state index in [1.54, 1.807) is 11.8 Å². The highest BCUT2D eigenvalue weighted by Gasteiger charge is 2.35. The van der Waals surface area contributed by atoms with E-state index in [1.807, 2.05) is 30.3 Å². The van der Waals surface area contributed by atoms with Crippen molar-refractivity contribution in [1.82, 2.24) is 4.90 Å². The fourth-order valence-electron chi connectivity index (χ4n) is 3.10. The molecular formula is C20H21NO5S. The second-order valence-electron chi connectivity index (χ2n) is 6.95. The van der Waals surface area contributed by atoms with Crippen molar-refractivity contribution in [3.63, 3.8) is 0 Å². The summed E-state index contributed by atoms with van der Waals surface area (Å²) in [6.45, 7) is 2.97. The minimum Gasteiger partial charge on any atom is -0.486 e. The maximum atomic E-state index is 13.0. The van der Waals surface area contributed by atoms with Gasteiger partial charge in [0.1, 0.15) is 13.2 Å². The van der Waals surface area contributed by atoms with Crippen molar-refractivity contribution in [2.45, 2.75) is 25.8 Å². The smallest absolute Gasteiger partial charge is 0.308 e. The molecule has 1 aromatic carbocycles. The fraction of sp³-hybridized carbons (Fsp3) is 0.400. The van der Waals surface area contributed by atoms with Crippen molar-refractivity contribution in [2.24, 2.45) is 5.92 Å². The summed E-state index contributed by atoms with van der Waals surface area (Å²) in [6, 6.07) is 9.68. The predicted molar refractivity (Wildman–Crippen MR) is 102 cm³/mol. The molecule has 0 saturated heterocycles. The predicted octanol–water partition coefficient (Wildman–Crippen LogP) is 3.51. The van der Waals surface area contributed by atoms with Gasteiger partial charge in [0.25, 0.3) is 5.91 Å². The zero-order valence-corrected chi connectivity index (χ0v) is 15.8. The number of ether oxygens (including phenoxy) is 2. The summed E-state index contributed by atoms with van der Waals surface area (Å²) in [5, 5.41) is 9.18. The Morgan fingerprint density at radius 1 is 1.19 bits per heavy atom. The molecule has 7 heteroatoms. The summed E-state index contributed by atoms with van der Waals surface area (Å²) >= 11 is 1.42. The SMILES string of the molecule is CC(CN(C(=O)c1ccc(-c2ccc3c(c2)OCCO3)s1)C1CC1)C(=O)O. The summed E-state index contributed by atoms with van der Waals surface area (Å²) in [7, 11) is 0. The average Bonchev–Trinajstić information content (AvgIpc) is 3.40. The van der Waals surface area contributed by atoms with Crippen molar-refractivity contribution in [3.05, 3.63) is 35.2 Å². The van der Waals surface area contributed by atoms with Gasteiger partial charge in [-0.3, -0.25) is 9.59 Å². The van der Waals surface area contributed by atoms with Gasteiger partial charge in [-0.05, 0) is 48.7 Å². The third-order valence-corrected chi connectivity index (χ3v) is 5.91. The zero-order chi connectivity index (χ0) is 19.0. The summed E-state index contributed by atoms with van der Waals surface area (Å²) in [4.78, 5) is 27.5. The highest BCUT2D eigenvalue weighted by Crippen LogP contribution is 2.38. The molecule has 0 radical (unpaired) electrons. The number of carboxylic acid groups (broad SMARTS) is 1. The Hall–Kier alpha value is -2.54. The molecule has 1 aliphatic heterocycles. The van der Waals surface area contributed by atoms with Crippen LogP contribution in [0.25, 0.3) is 10.4 Å². The van der Waals surface area contributed by atoms with Gasteiger partial charge in [-0.25, -0.2) is 0 Å². The van der Waals surface area contributed by atoms with Gasteiger partial charge in [0.05, 0.1) is 10.8 Å². The van der Waals surface area contributed by atoms with Crippen LogP contribution in [0.1, 0.15) is 29.4 Å². The molecule has 1 atom stereocenters. The molecule has 1 aliphatic carbocycles. The van der Waals surface area contributed by atoms with Crippen molar-refractivity contribution < 1.29 is 24.2 Å². The lowest BCUT2D eigenvalue weighted by Crippen LogP contribution is -2.38. The molecule has 0 bridgehead atoms. The third-order valence-electron chi connectivity index (χ3n) is 4.78. The minimum absolute atomic E-state index is 0.0839. The molecule has 1 fully saturated rings. The van der Waals surface area contributed by atoms with Gasteiger partial charge in [0.2, 0.25) is 0 Å². The highest BCUT2D eigenvalue weighted by atomic mass is 32.1. The van der Waals surface area contributed by atoms with E-state index in [-0.39, 0.29) is 18.5 Å². The van der Waals surface area contributed by atoms with Crippen LogP contribution in [0.15, 0.2) is 30.3 Å². The van der Waals surface area contributed by atoms with Crippen LogP contribution in [0.5, 0.6) is 11.5 Å². The molecule has 1 aromatic heterocycles. The van der Waals surface area contributed by atoms with Crippen LogP contribution >= 0.6 is 11.3 Å². The lowest BCUT2D eigenvalue weighted by atomic mass is 10.1. The van der Waals surface area contributed by atoms with Crippen molar-refractivity contribution in [1.29, 1.82) is 0 Å². The van der Waals surface area contributed by atoms with Crippen LogP contribution in [0.2, 0.25) is 0 Å². The number of hydrogen-bond acceptors (Lipinski definition) is 5. The van der Waals surface area contributed by atoms with Gasteiger partial charge in [-0.1, -0.05) is 6.92 Å². The van der Waals surface area contributed by atoms with E-state index in [0.29, 0.717) is 18.1 Å². The fourth-order valence-corrected chi connectivity index (χ4v) is 4.06. The van der Waals surface area contributed by atoms with Crippen LogP contribution in [0.4, 0.5) is 0 Å². The average molecular weight is 387 g/mol. The van der Waals surface area contributed by atoms with Gasteiger partial charge in [0.15, 0.2) is 11.5 Å². The van der Waals surface area contributed by atoms with Crippen LogP contribution in [0, 0.1) is 5.92 Å². The van der Waals surface area contributed by atoms with E-state index < -0.39 is 11.9 Å². The van der Waals surface area contributed by atoms with Crippen LogP contribution in [0.3, 0.4) is 0 Å². The van der Waals surface area contributed by atoms with E-state index in [2.05, 4.69) is 0 Å². The lowest BCUT2D eigenvalue weighted by molar-refractivity contribution is -0.141. The first-order chi connectivity index (χ1) is 13.0. The van der Waals surface area contributed by atoms with Gasteiger partial charge in [-0.15, -0.1) is 11.3 Å². The number of nitrogens with zero attached hydrogens (tertiary/aromatic N) is 1. The topological polar surface area (TPSA) is 76.1 Å². The van der Waals surface area contributed by atoms with Gasteiger partial charge < -0.3 is 19.5 Å². The first kappa shape index (κ1) is 17.9. The van der Waals surface area contributed by atoms with Crippen LogP contribution in [-0.4, -0.2) is 47.7 Å². The Kier molecular flexibility index (Phi) is 4.78. The summed E-state index contributed by atoms with van der Waals surface area (Å²) in [6.07, 6.45) is 1.89. The normalized spacial score (nSPS) is 16.6. The third kappa shape index (κ3) is 3.78. The quantitative estimate of drug-likeness (QED) is 0.821. The Balaban J connectivity index is 1.54. The number of benzene rings is 1. The molecular weight excluding hydrogens is 366 g/mol. The van der Waals surface area contributed by atoms with Gasteiger partial charge >= 0.3 is 5.97 Å². The molecule has 27 heavy (non-hydrogen) atoms. The first-order valence-electron chi connectivity index (χ1n) is 9.06. The number of hydrogen-bond donors (Lipinski definition) is 1. The molecule has 6 nitrogen and oxygen atoms in total. The van der Waals surface area contributed by atoms with E-state index in [0.717, 1.165) is 34.8 Å². The number of thiophene rings is 1. The Morgan fingerprint density at radius 2 is 1.93 bits per heavy atom. The van der Waals surface area contributed by atoms with E-state index in [9.17, 15) is 14.7 Å². The summed E-state index contributed by atoms with van der Waals surface area (Å²) in [5.74, 6) is -0.0851. The number of carboxylic acids is 1. The number of carbonyl (C=O) groups excluding carboxylic acids is 1. The Bertz CT molecular complexity index is 873. The molecule has 2 aliphatic rings. The maximum Gasteiger partial charge on any atom is 0.308 e. The first-order valence-corrected chi connectivity index (χ1v) is 9.88. The lowest BCUT2D eigenvalue weighted by Gasteiger charge is -2.23. The number of fused-ring (bicyclic) bond motifs is 1. The van der Waals surface area contributed by atoms with E-state index in [4.69, 9.17) is 9.47 Å². The maximum absolute atomic E-state index is 13.0. The van der Waals surface area contributed by atoms with E-state index >= 15 is 0 Å². The molecule has 2 heterocycles. The summed E-state index contributed by atoms with van der Waals surface area (Å²) in [5.41, 5.74) is 0.972. The second-order valence-corrected chi connectivity index (χ2v) is 8.03. The monoisotopic (exact) mass is 387 g/mol. The molecule has 142 valence electrons. The molecule has 2 aromatic rings. The molecule has 4 rings (SSSR count). The largest absolute Gasteiger partial charge is 0.486 e. The van der Waals surface area contributed by atoms with Crippen molar-refractivity contribution in [3.8, 4) is 21.9 Å². The molecule has 1 saturated carbocycles. The minimum atomic E-state index is -0.878. The second kappa shape index (κ2) is 7.23. The molecule has 1 unspecified atom stereocenters. The number of rotatable bonds is 6. The van der Waals surface area contributed by atoms with Crippen LogP contribution in [-0.2, 0) is 4.79 Å². The Labute approximate surface area is 161 Å². The summed E-state index contributed by atoms with van der Waals surface area (Å²) < 4.78 is 11.2. The van der Waals surface area contributed by atoms with Gasteiger partial charge in [0, 0.05) is 17.5 Å². The van der Waals surface area contributed by atoms with E-state index in [1.165, 1.54) is 11.3 Å². The van der Waals surface area contributed by atoms with Crippen molar-refractivity contribution in [2.75, 3.05) is 19.8 Å². The molecule has 1 amide bonds. The number of aliphatic carboxylic acids is 1. The Morgan fingerprint density at radius 3 is 2.63 bits per heavy atom. The van der Waals surface area contributed by atoms with Gasteiger partial charge in [-0.2, -0.15) is 0 Å². The number of amides is 1. The van der Waals surface area contributed by atoms with Crippen LogP contribution < -0.4 is 9.47 Å². The molecule has 0 spiro atoms. The zero-order valence-electron chi connectivity index (χ0n) is 15.0. The standard InChI is InChI=1S/C20H21NO5S/c1-12(20(23)24)11-21(14-3-4-14)19(22)18-7-6-17(27-18)13-2-5-15-16(10-13)26-9-8-25-15/h2,5-7,10,12,14H,3-4,8-9,11H2,1H3,(H,23,24). The van der Waals surface area contributed by atoms with Crippen molar-refractivity contribution >= 4 is 23.2 Å². The highest BCUT2D eigenvalue weighted by molar-refractivity contribution is 7.17. The molecule has 1 N–H and O–H groups in total.